The highest BCUT2D eigenvalue weighted by atomic mass is 16.5. The molecule has 0 bridgehead atoms. The number of benzene rings is 1. The number of amides is 3. The Kier molecular flexibility index (Phi) is 6.17. The van der Waals surface area contributed by atoms with Crippen LogP contribution in [0.1, 0.15) is 36.0 Å². The zero-order chi connectivity index (χ0) is 17.5. The molecule has 2 rings (SSSR count). The summed E-state index contributed by atoms with van der Waals surface area (Å²) in [5.74, 6) is -0.0447. The largest absolute Gasteiger partial charge is 0.497 e. The van der Waals surface area contributed by atoms with Gasteiger partial charge in [0.25, 0.3) is 5.91 Å². The number of ether oxygens (including phenoxy) is 1. The molecule has 3 amide bonds. The molecule has 1 aromatic rings. The third-order valence-corrected chi connectivity index (χ3v) is 4.11. The first-order chi connectivity index (χ1) is 11.5. The number of hydrogen-bond donors (Lipinski definition) is 2. The fraction of sp³-hybridized carbons (Fsp3) is 0.471. The Labute approximate surface area is 141 Å². The van der Waals surface area contributed by atoms with E-state index in [0.717, 1.165) is 6.42 Å². The number of carbonyl (C=O) groups is 3. The second kappa shape index (κ2) is 8.33. The predicted molar refractivity (Wildman–Crippen MR) is 88.5 cm³/mol. The third-order valence-electron chi connectivity index (χ3n) is 4.11. The van der Waals surface area contributed by atoms with Crippen LogP contribution in [-0.4, -0.2) is 48.9 Å². The van der Waals surface area contributed by atoms with E-state index in [1.165, 1.54) is 0 Å². The quantitative estimate of drug-likeness (QED) is 0.716. The summed E-state index contributed by atoms with van der Waals surface area (Å²) in [5, 5.41) is 2.77. The molecule has 24 heavy (non-hydrogen) atoms. The summed E-state index contributed by atoms with van der Waals surface area (Å²) in [7, 11) is 1.56. The average molecular weight is 333 g/mol. The first kappa shape index (κ1) is 17.8. The minimum Gasteiger partial charge on any atom is -0.497 e. The minimum absolute atomic E-state index is 0.0880. The Morgan fingerprint density at radius 2 is 2.00 bits per heavy atom. The molecule has 1 atom stereocenters. The molecule has 7 nitrogen and oxygen atoms in total. The summed E-state index contributed by atoms with van der Waals surface area (Å²) in [5.41, 5.74) is 5.84. The molecule has 0 spiro atoms. The zero-order valence-corrected chi connectivity index (χ0v) is 13.8. The van der Waals surface area contributed by atoms with Gasteiger partial charge in [-0.2, -0.15) is 0 Å². The van der Waals surface area contributed by atoms with Gasteiger partial charge >= 0.3 is 0 Å². The lowest BCUT2D eigenvalue weighted by molar-refractivity contribution is -0.137. The van der Waals surface area contributed by atoms with E-state index in [1.807, 2.05) is 0 Å². The van der Waals surface area contributed by atoms with Gasteiger partial charge in [-0.1, -0.05) is 0 Å². The van der Waals surface area contributed by atoms with E-state index in [9.17, 15) is 14.4 Å². The van der Waals surface area contributed by atoms with Gasteiger partial charge < -0.3 is 20.7 Å². The Bertz CT molecular complexity index is 600. The van der Waals surface area contributed by atoms with Crippen LogP contribution in [0.15, 0.2) is 24.3 Å². The van der Waals surface area contributed by atoms with Gasteiger partial charge in [0.15, 0.2) is 0 Å². The first-order valence-corrected chi connectivity index (χ1v) is 8.04. The van der Waals surface area contributed by atoms with E-state index < -0.39 is 11.9 Å². The van der Waals surface area contributed by atoms with Crippen LogP contribution in [-0.2, 0) is 9.59 Å². The zero-order valence-electron chi connectivity index (χ0n) is 13.8. The van der Waals surface area contributed by atoms with Gasteiger partial charge in [0.05, 0.1) is 7.11 Å². The van der Waals surface area contributed by atoms with Crippen LogP contribution in [0.25, 0.3) is 0 Å². The molecule has 0 aromatic heterocycles. The first-order valence-electron chi connectivity index (χ1n) is 8.04. The van der Waals surface area contributed by atoms with Crippen molar-refractivity contribution in [2.75, 3.05) is 20.2 Å². The summed E-state index contributed by atoms with van der Waals surface area (Å²) < 4.78 is 5.04. The molecule has 0 aliphatic carbocycles. The van der Waals surface area contributed by atoms with E-state index in [0.29, 0.717) is 37.2 Å². The molecule has 1 heterocycles. The second-order valence-corrected chi connectivity index (χ2v) is 5.74. The number of rotatable bonds is 7. The lowest BCUT2D eigenvalue weighted by Crippen LogP contribution is -2.43. The van der Waals surface area contributed by atoms with Crippen molar-refractivity contribution in [3.05, 3.63) is 29.8 Å². The van der Waals surface area contributed by atoms with Gasteiger partial charge in [-0.05, 0) is 43.5 Å². The summed E-state index contributed by atoms with van der Waals surface area (Å²) in [6.07, 6.45) is 2.23. The van der Waals surface area contributed by atoms with Crippen molar-refractivity contribution in [1.29, 1.82) is 0 Å². The summed E-state index contributed by atoms with van der Waals surface area (Å²) in [6, 6.07) is 6.32. The fourth-order valence-electron chi connectivity index (χ4n) is 2.79. The third kappa shape index (κ3) is 4.47. The van der Waals surface area contributed by atoms with Crippen LogP contribution in [0.5, 0.6) is 5.75 Å². The van der Waals surface area contributed by atoms with Gasteiger partial charge in [0, 0.05) is 25.1 Å². The molecule has 3 N–H and O–H groups in total. The highest BCUT2D eigenvalue weighted by molar-refractivity contribution is 5.94. The van der Waals surface area contributed by atoms with Crippen molar-refractivity contribution in [2.24, 2.45) is 5.73 Å². The van der Waals surface area contributed by atoms with Crippen molar-refractivity contribution in [3.8, 4) is 5.75 Å². The molecule has 0 saturated carbocycles. The molecule has 1 aromatic carbocycles. The van der Waals surface area contributed by atoms with Crippen molar-refractivity contribution in [3.63, 3.8) is 0 Å². The number of nitrogens with zero attached hydrogens (tertiary/aromatic N) is 1. The molecular formula is C17H23N3O4. The maximum absolute atomic E-state index is 12.1. The van der Waals surface area contributed by atoms with Crippen LogP contribution in [0.2, 0.25) is 0 Å². The molecule has 0 radical (unpaired) electrons. The minimum atomic E-state index is -0.480. The Balaban J connectivity index is 1.73. The Morgan fingerprint density at radius 3 is 2.62 bits per heavy atom. The van der Waals surface area contributed by atoms with Gasteiger partial charge in [-0.25, -0.2) is 0 Å². The molecular weight excluding hydrogens is 310 g/mol. The number of primary amides is 1. The number of hydrogen-bond acceptors (Lipinski definition) is 4. The van der Waals surface area contributed by atoms with Gasteiger partial charge in [-0.3, -0.25) is 14.4 Å². The molecule has 1 aliphatic rings. The smallest absolute Gasteiger partial charge is 0.251 e. The number of likely N-dealkylation sites (tertiary alicyclic amines) is 1. The molecule has 7 heteroatoms. The lowest BCUT2D eigenvalue weighted by Gasteiger charge is -2.22. The highest BCUT2D eigenvalue weighted by Crippen LogP contribution is 2.18. The van der Waals surface area contributed by atoms with Gasteiger partial charge in [0.2, 0.25) is 11.8 Å². The van der Waals surface area contributed by atoms with Crippen LogP contribution >= 0.6 is 0 Å². The Morgan fingerprint density at radius 1 is 1.29 bits per heavy atom. The van der Waals surface area contributed by atoms with Crippen molar-refractivity contribution < 1.29 is 19.1 Å². The predicted octanol–water partition coefficient (Wildman–Crippen LogP) is 0.682. The summed E-state index contributed by atoms with van der Waals surface area (Å²) >= 11 is 0. The highest BCUT2D eigenvalue weighted by Gasteiger charge is 2.31. The SMILES string of the molecule is COc1ccc(C(=O)NCCCC(=O)N2CCC[C@H]2C(N)=O)cc1. The van der Waals surface area contributed by atoms with Gasteiger partial charge in [-0.15, -0.1) is 0 Å². The van der Waals surface area contributed by atoms with E-state index >= 15 is 0 Å². The summed E-state index contributed by atoms with van der Waals surface area (Å²) in [6.45, 7) is 0.969. The number of carbonyl (C=O) groups excluding carboxylic acids is 3. The van der Waals surface area contributed by atoms with Crippen molar-refractivity contribution in [1.82, 2.24) is 10.2 Å². The molecule has 1 aliphatic heterocycles. The number of methoxy groups -OCH3 is 1. The van der Waals surface area contributed by atoms with Crippen molar-refractivity contribution >= 4 is 17.7 Å². The second-order valence-electron chi connectivity index (χ2n) is 5.74. The molecule has 1 fully saturated rings. The van der Waals surface area contributed by atoms with Crippen molar-refractivity contribution in [2.45, 2.75) is 31.7 Å². The van der Waals surface area contributed by atoms with E-state index in [1.54, 1.807) is 36.3 Å². The maximum Gasteiger partial charge on any atom is 0.251 e. The maximum atomic E-state index is 12.1. The van der Waals surface area contributed by atoms with Gasteiger partial charge in [0.1, 0.15) is 11.8 Å². The normalized spacial score (nSPS) is 16.7. The molecule has 1 saturated heterocycles. The van der Waals surface area contributed by atoms with Crippen LogP contribution < -0.4 is 15.8 Å². The van der Waals surface area contributed by atoms with Crippen LogP contribution in [0.4, 0.5) is 0 Å². The molecule has 130 valence electrons. The van der Waals surface area contributed by atoms with E-state index in [4.69, 9.17) is 10.5 Å². The van der Waals surface area contributed by atoms with Crippen LogP contribution in [0.3, 0.4) is 0 Å². The number of nitrogens with one attached hydrogen (secondary N) is 1. The average Bonchev–Trinajstić information content (AvgIpc) is 3.08. The standard InChI is InChI=1S/C17H23N3O4/c1-24-13-8-6-12(7-9-13)17(23)19-10-2-5-15(21)20-11-3-4-14(20)16(18)22/h6-9,14H,2-5,10-11H2,1H3,(H2,18,22)(H,19,23)/t14-/m0/s1. The lowest BCUT2D eigenvalue weighted by atomic mass is 10.2. The van der Waals surface area contributed by atoms with E-state index in [-0.39, 0.29) is 18.2 Å². The molecule has 0 unspecified atom stereocenters. The van der Waals surface area contributed by atoms with Crippen LogP contribution in [0, 0.1) is 0 Å². The summed E-state index contributed by atoms with van der Waals surface area (Å²) in [4.78, 5) is 37.0. The fourth-order valence-corrected chi connectivity index (χ4v) is 2.79. The topological polar surface area (TPSA) is 102 Å². The number of nitrogens with two attached hydrogens (primary N) is 1. The van der Waals surface area contributed by atoms with E-state index in [2.05, 4.69) is 5.32 Å². The monoisotopic (exact) mass is 333 g/mol. The Hall–Kier alpha value is -2.57.